The summed E-state index contributed by atoms with van der Waals surface area (Å²) in [5.74, 6) is 0.00463. The van der Waals surface area contributed by atoms with Gasteiger partial charge in [0.2, 0.25) is 5.91 Å². The van der Waals surface area contributed by atoms with Gasteiger partial charge in [0.05, 0.1) is 24.7 Å². The van der Waals surface area contributed by atoms with Gasteiger partial charge >= 0.3 is 6.18 Å². The average molecular weight is 374 g/mol. The van der Waals surface area contributed by atoms with Gasteiger partial charge in [-0.1, -0.05) is 6.92 Å². The zero-order chi connectivity index (χ0) is 20.0. The molecule has 0 aliphatic rings. The lowest BCUT2D eigenvalue weighted by atomic mass is 10.1. The van der Waals surface area contributed by atoms with Crippen molar-refractivity contribution in [1.82, 2.24) is 19.9 Å². The summed E-state index contributed by atoms with van der Waals surface area (Å²) in [4.78, 5) is 14.0. The summed E-state index contributed by atoms with van der Waals surface area (Å²) in [6, 6.07) is 1.91. The standard InChI is InChI=1S/C14H18F3N3O.C3H7NO/c1-4-10-7-12-19-11(9-20(12)18-8-10)5-6-21-13(2,3)14(15,16)17;1-3(5)4-2/h7-9H,4-6H2,1-3H3;1-2H3,(H,4,5). The molecule has 9 heteroatoms. The molecule has 1 N–H and O–H groups in total. The molecule has 0 aliphatic carbocycles. The normalized spacial score (nSPS) is 11.8. The van der Waals surface area contributed by atoms with E-state index >= 15 is 0 Å². The first-order valence-corrected chi connectivity index (χ1v) is 8.22. The zero-order valence-corrected chi connectivity index (χ0v) is 15.6. The van der Waals surface area contributed by atoms with E-state index in [0.717, 1.165) is 25.8 Å². The van der Waals surface area contributed by atoms with Crippen LogP contribution in [0.5, 0.6) is 0 Å². The summed E-state index contributed by atoms with van der Waals surface area (Å²) in [6.45, 7) is 5.49. The summed E-state index contributed by atoms with van der Waals surface area (Å²) in [5, 5.41) is 6.59. The Labute approximate surface area is 150 Å². The van der Waals surface area contributed by atoms with Crippen LogP contribution in [0.15, 0.2) is 18.5 Å². The van der Waals surface area contributed by atoms with E-state index < -0.39 is 11.8 Å². The number of hydrogen-bond acceptors (Lipinski definition) is 4. The molecule has 0 saturated carbocycles. The van der Waals surface area contributed by atoms with Gasteiger partial charge in [0.1, 0.15) is 0 Å². The number of fused-ring (bicyclic) bond motifs is 1. The van der Waals surface area contributed by atoms with Crippen molar-refractivity contribution < 1.29 is 22.7 Å². The number of carbonyl (C=O) groups is 1. The lowest BCUT2D eigenvalue weighted by Gasteiger charge is -2.27. The fraction of sp³-hybridized carbons (Fsp3) is 0.588. The Morgan fingerprint density at radius 2 is 1.96 bits per heavy atom. The summed E-state index contributed by atoms with van der Waals surface area (Å²) < 4.78 is 44.5. The molecule has 146 valence electrons. The van der Waals surface area contributed by atoms with Crippen molar-refractivity contribution in [2.45, 2.75) is 52.3 Å². The van der Waals surface area contributed by atoms with Gasteiger partial charge in [-0.3, -0.25) is 4.79 Å². The van der Waals surface area contributed by atoms with Crippen LogP contribution in [-0.4, -0.2) is 45.9 Å². The minimum absolute atomic E-state index is 0.00463. The van der Waals surface area contributed by atoms with E-state index in [9.17, 15) is 18.0 Å². The molecule has 0 unspecified atom stereocenters. The van der Waals surface area contributed by atoms with Crippen LogP contribution in [0, 0.1) is 0 Å². The molecular weight excluding hydrogens is 349 g/mol. The quantitative estimate of drug-likeness (QED) is 0.874. The van der Waals surface area contributed by atoms with Gasteiger partial charge in [0.15, 0.2) is 11.2 Å². The lowest BCUT2D eigenvalue weighted by molar-refractivity contribution is -0.263. The van der Waals surface area contributed by atoms with E-state index in [1.54, 1.807) is 24.0 Å². The molecule has 0 bridgehead atoms. The van der Waals surface area contributed by atoms with Crippen molar-refractivity contribution in [2.75, 3.05) is 13.7 Å². The number of imidazole rings is 1. The highest BCUT2D eigenvalue weighted by Crippen LogP contribution is 2.32. The Morgan fingerprint density at radius 1 is 1.35 bits per heavy atom. The van der Waals surface area contributed by atoms with Gasteiger partial charge in [-0.25, -0.2) is 9.50 Å². The summed E-state index contributed by atoms with van der Waals surface area (Å²) >= 11 is 0. The molecule has 0 atom stereocenters. The van der Waals surface area contributed by atoms with Gasteiger partial charge in [0, 0.05) is 20.4 Å². The van der Waals surface area contributed by atoms with Gasteiger partial charge in [0.25, 0.3) is 0 Å². The molecule has 2 heterocycles. The predicted octanol–water partition coefficient (Wildman–Crippen LogP) is 2.94. The summed E-state index contributed by atoms with van der Waals surface area (Å²) in [6.07, 6.45) is 0.239. The second-order valence-corrected chi connectivity index (χ2v) is 6.17. The molecule has 1 amide bonds. The van der Waals surface area contributed by atoms with Crippen molar-refractivity contribution in [1.29, 1.82) is 0 Å². The molecular formula is C17H25F3N4O2. The zero-order valence-electron chi connectivity index (χ0n) is 15.6. The maximum atomic E-state index is 12.7. The number of hydrogen-bond donors (Lipinski definition) is 1. The second kappa shape index (κ2) is 8.98. The van der Waals surface area contributed by atoms with E-state index in [0.29, 0.717) is 17.8 Å². The van der Waals surface area contributed by atoms with Gasteiger partial charge in [-0.15, -0.1) is 0 Å². The van der Waals surface area contributed by atoms with Crippen LogP contribution in [-0.2, 0) is 22.4 Å². The first-order valence-electron chi connectivity index (χ1n) is 8.22. The van der Waals surface area contributed by atoms with Crippen LogP contribution in [0.3, 0.4) is 0 Å². The molecule has 0 radical (unpaired) electrons. The number of rotatable bonds is 5. The SMILES string of the molecule is CCc1cnn2cc(CCOC(C)(C)C(F)(F)F)nc2c1.CNC(C)=O. The van der Waals surface area contributed by atoms with E-state index in [2.05, 4.69) is 15.4 Å². The minimum Gasteiger partial charge on any atom is -0.366 e. The Morgan fingerprint density at radius 3 is 2.46 bits per heavy atom. The number of halogens is 3. The minimum atomic E-state index is -4.39. The van der Waals surface area contributed by atoms with Crippen molar-refractivity contribution in [3.05, 3.63) is 29.7 Å². The number of ether oxygens (including phenoxy) is 1. The fourth-order valence-corrected chi connectivity index (χ4v) is 1.77. The molecule has 0 spiro atoms. The topological polar surface area (TPSA) is 68.5 Å². The fourth-order valence-electron chi connectivity index (χ4n) is 1.77. The number of nitrogens with zero attached hydrogens (tertiary/aromatic N) is 3. The first-order chi connectivity index (χ1) is 12.0. The third-order valence-electron chi connectivity index (χ3n) is 3.69. The van der Waals surface area contributed by atoms with Crippen molar-refractivity contribution in [3.63, 3.8) is 0 Å². The number of nitrogens with one attached hydrogen (secondary N) is 1. The van der Waals surface area contributed by atoms with Crippen molar-refractivity contribution >= 4 is 11.6 Å². The number of aryl methyl sites for hydroxylation is 1. The van der Waals surface area contributed by atoms with E-state index in [-0.39, 0.29) is 12.5 Å². The van der Waals surface area contributed by atoms with Gasteiger partial charge in [-0.05, 0) is 31.9 Å². The van der Waals surface area contributed by atoms with Gasteiger partial charge < -0.3 is 10.1 Å². The maximum absolute atomic E-state index is 12.7. The van der Waals surface area contributed by atoms with E-state index in [4.69, 9.17) is 4.74 Å². The molecule has 0 saturated heterocycles. The molecule has 2 aromatic heterocycles. The van der Waals surface area contributed by atoms with Crippen LogP contribution >= 0.6 is 0 Å². The van der Waals surface area contributed by atoms with Crippen LogP contribution in [0.25, 0.3) is 5.65 Å². The van der Waals surface area contributed by atoms with E-state index in [1.165, 1.54) is 6.92 Å². The highest BCUT2D eigenvalue weighted by Gasteiger charge is 2.48. The Balaban J connectivity index is 0.000000597. The molecule has 2 rings (SSSR count). The molecule has 0 fully saturated rings. The highest BCUT2D eigenvalue weighted by atomic mass is 19.4. The molecule has 0 aliphatic heterocycles. The maximum Gasteiger partial charge on any atom is 0.416 e. The first kappa shape index (κ1) is 21.9. The number of alkyl halides is 3. The van der Waals surface area contributed by atoms with E-state index in [1.807, 2.05) is 13.0 Å². The van der Waals surface area contributed by atoms with Gasteiger partial charge in [-0.2, -0.15) is 18.3 Å². The number of aromatic nitrogens is 3. The van der Waals surface area contributed by atoms with Crippen LogP contribution in [0.2, 0.25) is 0 Å². The molecule has 6 nitrogen and oxygen atoms in total. The highest BCUT2D eigenvalue weighted by molar-refractivity contribution is 5.72. The smallest absolute Gasteiger partial charge is 0.366 e. The summed E-state index contributed by atoms with van der Waals surface area (Å²) in [5.41, 5.74) is 0.266. The Bertz CT molecular complexity index is 726. The molecule has 26 heavy (non-hydrogen) atoms. The predicted molar refractivity (Wildman–Crippen MR) is 91.9 cm³/mol. The van der Waals surface area contributed by atoms with Crippen LogP contribution < -0.4 is 5.32 Å². The Kier molecular flexibility index (Phi) is 7.55. The van der Waals surface area contributed by atoms with Crippen molar-refractivity contribution in [3.8, 4) is 0 Å². The largest absolute Gasteiger partial charge is 0.416 e. The number of amides is 1. The van der Waals surface area contributed by atoms with Crippen LogP contribution in [0.1, 0.15) is 39.0 Å². The second-order valence-electron chi connectivity index (χ2n) is 6.17. The third kappa shape index (κ3) is 6.29. The Hall–Kier alpha value is -2.16. The third-order valence-corrected chi connectivity index (χ3v) is 3.69. The molecule has 2 aromatic rings. The average Bonchev–Trinajstić information content (AvgIpc) is 2.95. The van der Waals surface area contributed by atoms with Crippen molar-refractivity contribution in [2.24, 2.45) is 0 Å². The molecule has 0 aromatic carbocycles. The number of carbonyl (C=O) groups excluding carboxylic acids is 1. The summed E-state index contributed by atoms with van der Waals surface area (Å²) in [7, 11) is 1.60. The van der Waals surface area contributed by atoms with Crippen LogP contribution in [0.4, 0.5) is 13.2 Å². The monoisotopic (exact) mass is 374 g/mol. The lowest BCUT2D eigenvalue weighted by Crippen LogP contribution is -2.42.